The summed E-state index contributed by atoms with van der Waals surface area (Å²) in [5.41, 5.74) is 6.17. The molecule has 112 valence electrons. The van der Waals surface area contributed by atoms with E-state index in [1.165, 1.54) is 0 Å². The Morgan fingerprint density at radius 3 is 2.73 bits per heavy atom. The van der Waals surface area contributed by atoms with Crippen molar-refractivity contribution in [1.82, 2.24) is 10.3 Å². The maximum absolute atomic E-state index is 12.2. The first-order valence-corrected chi connectivity index (χ1v) is 6.87. The highest BCUT2D eigenvalue weighted by Crippen LogP contribution is 2.12. The van der Waals surface area contributed by atoms with Gasteiger partial charge >= 0.3 is 0 Å². The summed E-state index contributed by atoms with van der Waals surface area (Å²) in [5.74, 6) is -1.54. The number of para-hydroxylation sites is 1. The molecule has 6 nitrogen and oxygen atoms in total. The summed E-state index contributed by atoms with van der Waals surface area (Å²) < 4.78 is 0. The molecule has 0 aliphatic rings. The monoisotopic (exact) mass is 296 g/mol. The summed E-state index contributed by atoms with van der Waals surface area (Å²) in [6.07, 6.45) is 0.172. The Balaban J connectivity index is 2.18. The number of nitrogens with two attached hydrogens (primary N) is 1. The van der Waals surface area contributed by atoms with E-state index in [0.717, 1.165) is 5.39 Å². The molecule has 0 spiro atoms. The van der Waals surface area contributed by atoms with Crippen molar-refractivity contribution in [2.45, 2.75) is 19.4 Å². The lowest BCUT2D eigenvalue weighted by molar-refractivity contribution is -0.120. The molecule has 0 saturated carbocycles. The van der Waals surface area contributed by atoms with Crippen molar-refractivity contribution in [2.24, 2.45) is 11.7 Å². The Labute approximate surface area is 127 Å². The zero-order chi connectivity index (χ0) is 16.1. The number of benzene rings is 1. The van der Waals surface area contributed by atoms with E-state index in [4.69, 9.17) is 11.0 Å². The van der Waals surface area contributed by atoms with Gasteiger partial charge < -0.3 is 11.1 Å². The Kier molecular flexibility index (Phi) is 4.69. The second-order valence-corrected chi connectivity index (χ2v) is 5.08. The highest BCUT2D eigenvalue weighted by Gasteiger charge is 2.22. The van der Waals surface area contributed by atoms with Crippen molar-refractivity contribution >= 4 is 22.7 Å². The fourth-order valence-electron chi connectivity index (χ4n) is 2.08. The molecule has 2 rings (SSSR count). The van der Waals surface area contributed by atoms with Crippen molar-refractivity contribution in [2.75, 3.05) is 0 Å². The lowest BCUT2D eigenvalue weighted by atomic mass is 10.0. The van der Waals surface area contributed by atoms with Crippen molar-refractivity contribution in [3.05, 3.63) is 42.1 Å². The molecule has 0 saturated heterocycles. The van der Waals surface area contributed by atoms with Crippen LogP contribution < -0.4 is 11.1 Å². The van der Waals surface area contributed by atoms with Crippen LogP contribution in [0.15, 0.2) is 36.4 Å². The largest absolute Gasteiger partial charge is 0.368 e. The lowest BCUT2D eigenvalue weighted by Gasteiger charge is -2.16. The van der Waals surface area contributed by atoms with Crippen LogP contribution in [0, 0.1) is 17.2 Å². The fourth-order valence-corrected chi connectivity index (χ4v) is 2.08. The van der Waals surface area contributed by atoms with Crippen LogP contribution in [0.4, 0.5) is 0 Å². The minimum absolute atomic E-state index is 0.172. The summed E-state index contributed by atoms with van der Waals surface area (Å²) in [7, 11) is 0. The number of carbonyl (C=O) groups excluding carboxylic acids is 2. The zero-order valence-corrected chi connectivity index (χ0v) is 12.1. The SMILES string of the molecule is C[C@@H](C#N)C[C@@H](NC(=O)c1ccc2ccccc2n1)C(N)=O. The summed E-state index contributed by atoms with van der Waals surface area (Å²) >= 11 is 0. The summed E-state index contributed by atoms with van der Waals surface area (Å²) in [6, 6.07) is 11.9. The number of carbonyl (C=O) groups is 2. The third-order valence-corrected chi connectivity index (χ3v) is 3.29. The van der Waals surface area contributed by atoms with Crippen LogP contribution in [0.2, 0.25) is 0 Å². The normalized spacial score (nSPS) is 13.1. The number of nitrogens with zero attached hydrogens (tertiary/aromatic N) is 2. The number of primary amides is 1. The van der Waals surface area contributed by atoms with Crippen LogP contribution in [-0.2, 0) is 4.79 Å². The molecule has 22 heavy (non-hydrogen) atoms. The first-order chi connectivity index (χ1) is 10.5. The molecular weight excluding hydrogens is 280 g/mol. The van der Waals surface area contributed by atoms with Gasteiger partial charge in [0, 0.05) is 11.3 Å². The third-order valence-electron chi connectivity index (χ3n) is 3.29. The van der Waals surface area contributed by atoms with Crippen LogP contribution >= 0.6 is 0 Å². The Morgan fingerprint density at radius 2 is 2.05 bits per heavy atom. The Hall–Kier alpha value is -2.94. The number of nitrogens with one attached hydrogen (secondary N) is 1. The maximum atomic E-state index is 12.2. The molecule has 0 aliphatic carbocycles. The van der Waals surface area contributed by atoms with E-state index in [-0.39, 0.29) is 18.0 Å². The van der Waals surface area contributed by atoms with E-state index < -0.39 is 17.9 Å². The zero-order valence-electron chi connectivity index (χ0n) is 12.1. The van der Waals surface area contributed by atoms with E-state index in [2.05, 4.69) is 10.3 Å². The average Bonchev–Trinajstić information content (AvgIpc) is 2.53. The molecule has 1 heterocycles. The van der Waals surface area contributed by atoms with Crippen LogP contribution in [0.1, 0.15) is 23.8 Å². The second kappa shape index (κ2) is 6.68. The molecule has 2 amide bonds. The van der Waals surface area contributed by atoms with Gasteiger partial charge in [-0.15, -0.1) is 0 Å². The molecule has 1 aromatic carbocycles. The summed E-state index contributed by atoms with van der Waals surface area (Å²) in [4.78, 5) is 27.9. The standard InChI is InChI=1S/C16H16N4O2/c1-10(9-17)8-14(15(18)21)20-16(22)13-7-6-11-4-2-3-5-12(11)19-13/h2-7,10,14H,8H2,1H3,(H2,18,21)(H,20,22)/t10-,14-/m1/s1. The topological polar surface area (TPSA) is 109 Å². The number of amides is 2. The number of rotatable bonds is 5. The van der Waals surface area contributed by atoms with Crippen molar-refractivity contribution in [3.8, 4) is 6.07 Å². The lowest BCUT2D eigenvalue weighted by Crippen LogP contribution is -2.45. The highest BCUT2D eigenvalue weighted by molar-refractivity contribution is 5.97. The van der Waals surface area contributed by atoms with Gasteiger partial charge in [0.25, 0.3) is 5.91 Å². The number of hydrogen-bond donors (Lipinski definition) is 2. The van der Waals surface area contributed by atoms with Gasteiger partial charge in [0.2, 0.25) is 5.91 Å². The Bertz CT molecular complexity index is 751. The van der Waals surface area contributed by atoms with Gasteiger partial charge in [-0.3, -0.25) is 9.59 Å². The molecule has 2 atom stereocenters. The van der Waals surface area contributed by atoms with Gasteiger partial charge in [-0.05, 0) is 25.5 Å². The number of hydrogen-bond acceptors (Lipinski definition) is 4. The van der Waals surface area contributed by atoms with E-state index >= 15 is 0 Å². The van der Waals surface area contributed by atoms with Crippen LogP contribution in [0.5, 0.6) is 0 Å². The Morgan fingerprint density at radius 1 is 1.32 bits per heavy atom. The van der Waals surface area contributed by atoms with Crippen molar-refractivity contribution in [1.29, 1.82) is 5.26 Å². The second-order valence-electron chi connectivity index (χ2n) is 5.08. The molecule has 3 N–H and O–H groups in total. The van der Waals surface area contributed by atoms with Gasteiger partial charge in [0.05, 0.1) is 11.6 Å². The average molecular weight is 296 g/mol. The van der Waals surface area contributed by atoms with E-state index in [1.807, 2.05) is 24.3 Å². The van der Waals surface area contributed by atoms with Crippen LogP contribution in [0.3, 0.4) is 0 Å². The fraction of sp³-hybridized carbons (Fsp3) is 0.250. The van der Waals surface area contributed by atoms with Crippen LogP contribution in [0.25, 0.3) is 10.9 Å². The molecule has 6 heteroatoms. The molecule has 0 fully saturated rings. The maximum Gasteiger partial charge on any atom is 0.270 e. The summed E-state index contributed by atoms with van der Waals surface area (Å²) in [6.45, 7) is 1.66. The van der Waals surface area contributed by atoms with Gasteiger partial charge in [-0.1, -0.05) is 24.3 Å². The summed E-state index contributed by atoms with van der Waals surface area (Å²) in [5, 5.41) is 12.3. The molecule has 0 bridgehead atoms. The van der Waals surface area contributed by atoms with Gasteiger partial charge in [-0.2, -0.15) is 5.26 Å². The predicted octanol–water partition coefficient (Wildman–Crippen LogP) is 1.37. The van der Waals surface area contributed by atoms with Crippen molar-refractivity contribution in [3.63, 3.8) is 0 Å². The molecule has 0 aliphatic heterocycles. The smallest absolute Gasteiger partial charge is 0.270 e. The molecular formula is C16H16N4O2. The molecule has 0 unspecified atom stereocenters. The van der Waals surface area contributed by atoms with Gasteiger partial charge in [0.1, 0.15) is 11.7 Å². The first kappa shape index (κ1) is 15.4. The molecule has 0 radical (unpaired) electrons. The number of aromatic nitrogens is 1. The first-order valence-electron chi connectivity index (χ1n) is 6.87. The molecule has 2 aromatic rings. The molecule has 1 aromatic heterocycles. The van der Waals surface area contributed by atoms with Gasteiger partial charge in [0.15, 0.2) is 0 Å². The minimum Gasteiger partial charge on any atom is -0.368 e. The van der Waals surface area contributed by atoms with E-state index in [9.17, 15) is 9.59 Å². The minimum atomic E-state index is -0.893. The number of pyridine rings is 1. The number of nitriles is 1. The third kappa shape index (κ3) is 3.58. The number of fused-ring (bicyclic) bond motifs is 1. The quantitative estimate of drug-likeness (QED) is 0.868. The highest BCUT2D eigenvalue weighted by atomic mass is 16.2. The van der Waals surface area contributed by atoms with E-state index in [0.29, 0.717) is 5.52 Å². The van der Waals surface area contributed by atoms with E-state index in [1.54, 1.807) is 25.1 Å². The van der Waals surface area contributed by atoms with Crippen LogP contribution in [-0.4, -0.2) is 22.8 Å². The van der Waals surface area contributed by atoms with Gasteiger partial charge in [-0.25, -0.2) is 4.98 Å². The predicted molar refractivity (Wildman–Crippen MR) is 81.6 cm³/mol. The van der Waals surface area contributed by atoms with Crippen molar-refractivity contribution < 1.29 is 9.59 Å².